The number of pyridine rings is 1. The molecule has 1 atom stereocenters. The molecule has 1 heterocycles. The van der Waals surface area contributed by atoms with Gasteiger partial charge >= 0.3 is 0 Å². The Bertz CT molecular complexity index is 352. The summed E-state index contributed by atoms with van der Waals surface area (Å²) in [4.78, 5) is 4.43. The summed E-state index contributed by atoms with van der Waals surface area (Å²) in [5.41, 5.74) is 2.45. The Hall–Kier alpha value is -1.31. The van der Waals surface area contributed by atoms with E-state index in [2.05, 4.69) is 37.1 Å². The summed E-state index contributed by atoms with van der Waals surface area (Å²) in [6.07, 6.45) is 4.55. The highest BCUT2D eigenvalue weighted by Crippen LogP contribution is 2.09. The molecule has 0 amide bonds. The van der Waals surface area contributed by atoms with Gasteiger partial charge in [0.2, 0.25) is 0 Å². The van der Waals surface area contributed by atoms with Crippen LogP contribution in [0.3, 0.4) is 0 Å². The quantitative estimate of drug-likeness (QED) is 0.757. The molecule has 1 rings (SSSR count). The van der Waals surface area contributed by atoms with Gasteiger partial charge in [-0.15, -0.1) is 0 Å². The molecular weight excluding hydrogens is 196 g/mol. The van der Waals surface area contributed by atoms with Gasteiger partial charge < -0.3 is 5.32 Å². The Balaban J connectivity index is 2.39. The van der Waals surface area contributed by atoms with Gasteiger partial charge in [0, 0.05) is 11.7 Å². The van der Waals surface area contributed by atoms with E-state index in [0.717, 1.165) is 24.4 Å². The number of allylic oxidation sites excluding steroid dienone is 2. The van der Waals surface area contributed by atoms with E-state index in [9.17, 15) is 0 Å². The third-order valence-electron chi connectivity index (χ3n) is 2.43. The van der Waals surface area contributed by atoms with Gasteiger partial charge in [0.25, 0.3) is 0 Å². The molecule has 1 unspecified atom stereocenters. The summed E-state index contributed by atoms with van der Waals surface area (Å²) in [7, 11) is 0. The summed E-state index contributed by atoms with van der Waals surface area (Å²) >= 11 is 0. The highest BCUT2D eigenvalue weighted by atomic mass is 15.0. The zero-order valence-electron chi connectivity index (χ0n) is 10.7. The summed E-state index contributed by atoms with van der Waals surface area (Å²) in [5.74, 6) is 0.977. The van der Waals surface area contributed by atoms with Gasteiger partial charge in [-0.25, -0.2) is 4.98 Å². The fraction of sp³-hybridized carbons (Fsp3) is 0.500. The number of nitrogens with one attached hydrogen (secondary N) is 1. The first-order chi connectivity index (χ1) is 7.58. The number of nitrogens with zero attached hydrogens (tertiary/aromatic N) is 1. The fourth-order valence-electron chi connectivity index (χ4n) is 1.57. The molecular formula is C14H22N2. The normalized spacial score (nSPS) is 12.0. The molecule has 2 nitrogen and oxygen atoms in total. The lowest BCUT2D eigenvalue weighted by molar-refractivity contribution is 0.712. The van der Waals surface area contributed by atoms with Crippen molar-refractivity contribution in [2.75, 3.05) is 5.32 Å². The van der Waals surface area contributed by atoms with Crippen LogP contribution in [0.25, 0.3) is 0 Å². The third-order valence-corrected chi connectivity index (χ3v) is 2.43. The molecule has 0 radical (unpaired) electrons. The van der Waals surface area contributed by atoms with E-state index in [1.54, 1.807) is 0 Å². The first kappa shape index (κ1) is 12.8. The second kappa shape index (κ2) is 6.31. The van der Waals surface area contributed by atoms with Gasteiger partial charge in [-0.1, -0.05) is 17.7 Å². The smallest absolute Gasteiger partial charge is 0.126 e. The molecule has 88 valence electrons. The largest absolute Gasteiger partial charge is 0.368 e. The monoisotopic (exact) mass is 218 g/mol. The summed E-state index contributed by atoms with van der Waals surface area (Å²) in [5, 5.41) is 3.42. The Kier molecular flexibility index (Phi) is 5.03. The molecule has 16 heavy (non-hydrogen) atoms. The summed E-state index contributed by atoms with van der Waals surface area (Å²) in [6.45, 7) is 8.49. The second-order valence-corrected chi connectivity index (χ2v) is 4.57. The van der Waals surface area contributed by atoms with Crippen molar-refractivity contribution in [1.29, 1.82) is 0 Å². The van der Waals surface area contributed by atoms with Crippen LogP contribution in [0.4, 0.5) is 5.82 Å². The van der Waals surface area contributed by atoms with Gasteiger partial charge in [-0.3, -0.25) is 0 Å². The van der Waals surface area contributed by atoms with Crippen LogP contribution in [0, 0.1) is 6.92 Å². The minimum absolute atomic E-state index is 0.463. The van der Waals surface area contributed by atoms with E-state index in [0.29, 0.717) is 6.04 Å². The van der Waals surface area contributed by atoms with Crippen LogP contribution < -0.4 is 5.32 Å². The standard InChI is InChI=1S/C14H22N2/c1-11(2)7-5-8-12(3)15-14-10-6-9-13(4)16-14/h6-7,9-10,12H,5,8H2,1-4H3,(H,15,16). The molecule has 1 N–H and O–H groups in total. The molecule has 0 fully saturated rings. The van der Waals surface area contributed by atoms with Gasteiger partial charge in [-0.2, -0.15) is 0 Å². The predicted octanol–water partition coefficient (Wildman–Crippen LogP) is 3.94. The minimum Gasteiger partial charge on any atom is -0.368 e. The highest BCUT2D eigenvalue weighted by molar-refractivity contribution is 5.35. The molecule has 0 aromatic carbocycles. The number of rotatable bonds is 5. The van der Waals surface area contributed by atoms with E-state index in [1.165, 1.54) is 5.57 Å². The zero-order chi connectivity index (χ0) is 12.0. The van der Waals surface area contributed by atoms with Gasteiger partial charge in [0.15, 0.2) is 0 Å². The predicted molar refractivity (Wildman–Crippen MR) is 70.7 cm³/mol. The Labute approximate surface area is 98.8 Å². The molecule has 0 saturated carbocycles. The molecule has 0 bridgehead atoms. The maximum absolute atomic E-state index is 4.43. The van der Waals surface area contributed by atoms with Crippen LogP contribution in [0.2, 0.25) is 0 Å². The molecule has 0 aliphatic rings. The Morgan fingerprint density at radius 3 is 2.81 bits per heavy atom. The number of hydrogen-bond acceptors (Lipinski definition) is 2. The van der Waals surface area contributed by atoms with Crippen LogP contribution in [0.15, 0.2) is 29.8 Å². The molecule has 1 aromatic rings. The molecule has 0 aliphatic heterocycles. The Morgan fingerprint density at radius 1 is 1.44 bits per heavy atom. The van der Waals surface area contributed by atoms with E-state index in [-0.39, 0.29) is 0 Å². The van der Waals surface area contributed by atoms with Crippen molar-refractivity contribution >= 4 is 5.82 Å². The maximum Gasteiger partial charge on any atom is 0.126 e. The van der Waals surface area contributed by atoms with Crippen LogP contribution in [0.1, 0.15) is 39.3 Å². The van der Waals surface area contributed by atoms with Crippen molar-refractivity contribution in [2.24, 2.45) is 0 Å². The summed E-state index contributed by atoms with van der Waals surface area (Å²) < 4.78 is 0. The SMILES string of the molecule is CC(C)=CCCC(C)Nc1cccc(C)n1. The topological polar surface area (TPSA) is 24.9 Å². The molecule has 2 heteroatoms. The van der Waals surface area contributed by atoms with E-state index >= 15 is 0 Å². The lowest BCUT2D eigenvalue weighted by Crippen LogP contribution is -2.15. The lowest BCUT2D eigenvalue weighted by Gasteiger charge is -2.13. The van der Waals surface area contributed by atoms with Crippen molar-refractivity contribution in [3.8, 4) is 0 Å². The fourth-order valence-corrected chi connectivity index (χ4v) is 1.57. The van der Waals surface area contributed by atoms with Crippen molar-refractivity contribution in [2.45, 2.75) is 46.6 Å². The maximum atomic E-state index is 4.43. The van der Waals surface area contributed by atoms with Gasteiger partial charge in [-0.05, 0) is 52.7 Å². The first-order valence-corrected chi connectivity index (χ1v) is 5.91. The van der Waals surface area contributed by atoms with Gasteiger partial charge in [0.1, 0.15) is 5.82 Å². The van der Waals surface area contributed by atoms with Crippen LogP contribution >= 0.6 is 0 Å². The van der Waals surface area contributed by atoms with Gasteiger partial charge in [0.05, 0.1) is 0 Å². The third kappa shape index (κ3) is 4.96. The van der Waals surface area contributed by atoms with Crippen LogP contribution in [-0.4, -0.2) is 11.0 Å². The van der Waals surface area contributed by atoms with Crippen LogP contribution in [0.5, 0.6) is 0 Å². The van der Waals surface area contributed by atoms with E-state index < -0.39 is 0 Å². The highest BCUT2D eigenvalue weighted by Gasteiger charge is 2.01. The van der Waals surface area contributed by atoms with Crippen molar-refractivity contribution < 1.29 is 0 Å². The molecule has 0 spiro atoms. The number of aromatic nitrogens is 1. The van der Waals surface area contributed by atoms with Crippen LogP contribution in [-0.2, 0) is 0 Å². The van der Waals surface area contributed by atoms with Crippen molar-refractivity contribution in [1.82, 2.24) is 4.98 Å². The van der Waals surface area contributed by atoms with E-state index in [1.807, 2.05) is 25.1 Å². The first-order valence-electron chi connectivity index (χ1n) is 5.91. The molecule has 0 saturated heterocycles. The molecule has 1 aromatic heterocycles. The van der Waals surface area contributed by atoms with E-state index in [4.69, 9.17) is 0 Å². The lowest BCUT2D eigenvalue weighted by atomic mass is 10.1. The average molecular weight is 218 g/mol. The number of hydrogen-bond donors (Lipinski definition) is 1. The number of anilines is 1. The van der Waals surface area contributed by atoms with Crippen molar-refractivity contribution in [3.63, 3.8) is 0 Å². The summed E-state index contributed by atoms with van der Waals surface area (Å²) in [6, 6.07) is 6.53. The molecule has 0 aliphatic carbocycles. The zero-order valence-corrected chi connectivity index (χ0v) is 10.7. The Morgan fingerprint density at radius 2 is 2.19 bits per heavy atom. The second-order valence-electron chi connectivity index (χ2n) is 4.57. The van der Waals surface area contributed by atoms with Crippen molar-refractivity contribution in [3.05, 3.63) is 35.5 Å². The minimum atomic E-state index is 0.463. The average Bonchev–Trinajstić information content (AvgIpc) is 2.16. The number of aryl methyl sites for hydroxylation is 1.